The Balaban J connectivity index is 0.000000251. The Kier molecular flexibility index (Phi) is 29.8. The van der Waals surface area contributed by atoms with E-state index < -0.39 is 0 Å². The third kappa shape index (κ3) is 21.6. The summed E-state index contributed by atoms with van der Waals surface area (Å²) in [5, 5.41) is 1.27. The summed E-state index contributed by atoms with van der Waals surface area (Å²) < 4.78 is 0. The second-order valence-corrected chi connectivity index (χ2v) is 16.2. The van der Waals surface area contributed by atoms with Crippen LogP contribution in [0.5, 0.6) is 0 Å². The summed E-state index contributed by atoms with van der Waals surface area (Å²) in [7, 11) is 0. The number of hydrogen-bond acceptors (Lipinski definition) is 11. The lowest BCUT2D eigenvalue weighted by Gasteiger charge is -2.12. The summed E-state index contributed by atoms with van der Waals surface area (Å²) in [5.41, 5.74) is 19.4. The van der Waals surface area contributed by atoms with Crippen molar-refractivity contribution in [3.63, 3.8) is 0 Å². The smallest absolute Gasteiger partial charge is 0.193 e. The van der Waals surface area contributed by atoms with Crippen LogP contribution in [0.4, 0.5) is 0 Å². The number of nitrogens with zero attached hydrogens (tertiary/aromatic N) is 8. The van der Waals surface area contributed by atoms with Gasteiger partial charge in [0.2, 0.25) is 0 Å². The van der Waals surface area contributed by atoms with Crippen LogP contribution in [-0.4, -0.2) is 60.2 Å². The summed E-state index contributed by atoms with van der Waals surface area (Å²) in [6.45, 7) is 7.83. The van der Waals surface area contributed by atoms with E-state index in [1.54, 1.807) is 18.6 Å². The number of halogens is 5. The molecule has 0 saturated heterocycles. The molecular weight excluding hydrogens is 1030 g/mol. The highest BCUT2D eigenvalue weighted by Crippen LogP contribution is 2.24. The molecule has 0 aliphatic rings. The maximum Gasteiger partial charge on any atom is 0.193 e. The molecule has 0 bridgehead atoms. The van der Waals surface area contributed by atoms with Crippen molar-refractivity contribution in [2.45, 2.75) is 33.4 Å². The zero-order valence-corrected chi connectivity index (χ0v) is 44.9. The van der Waals surface area contributed by atoms with Crippen molar-refractivity contribution < 1.29 is 4.79 Å². The van der Waals surface area contributed by atoms with E-state index in [2.05, 4.69) is 90.4 Å². The summed E-state index contributed by atoms with van der Waals surface area (Å²) in [6, 6.07) is 59.3. The fraction of sp³-hybridized carbons (Fsp3) is 0.121. The van der Waals surface area contributed by atoms with Crippen LogP contribution in [0.3, 0.4) is 0 Å². The fourth-order valence-electron chi connectivity index (χ4n) is 6.21. The second kappa shape index (κ2) is 36.0. The molecule has 0 aliphatic heterocycles. The Morgan fingerprint density at radius 3 is 1.04 bits per heavy atom. The highest BCUT2D eigenvalue weighted by molar-refractivity contribution is 6.40. The Morgan fingerprint density at radius 1 is 0.446 bits per heavy atom. The van der Waals surface area contributed by atoms with Crippen LogP contribution in [0.15, 0.2) is 229 Å². The largest absolute Gasteiger partial charge is 0.331 e. The van der Waals surface area contributed by atoms with Crippen molar-refractivity contribution in [2.75, 3.05) is 13.1 Å². The van der Waals surface area contributed by atoms with Gasteiger partial charge in [-0.2, -0.15) is 0 Å². The number of ketones is 1. The van der Waals surface area contributed by atoms with Crippen molar-refractivity contribution in [2.24, 2.45) is 21.5 Å². The first kappa shape index (κ1) is 61.2. The van der Waals surface area contributed by atoms with Gasteiger partial charge in [0.05, 0.1) is 23.2 Å². The number of carbonyl (C=O) groups is 1. The predicted octanol–water partition coefficient (Wildman–Crippen LogP) is 13.9. The number of carbonyl (C=O) groups excluding carboxylic acids is 1. The van der Waals surface area contributed by atoms with E-state index in [9.17, 15) is 4.79 Å². The maximum atomic E-state index is 11.8. The van der Waals surface area contributed by atoms with Gasteiger partial charge in [-0.15, -0.1) is 12.4 Å². The zero-order chi connectivity index (χ0) is 52.5. The Hall–Kier alpha value is -7.06. The van der Waals surface area contributed by atoms with Crippen molar-refractivity contribution in [3.8, 4) is 0 Å². The van der Waals surface area contributed by atoms with Crippen molar-refractivity contribution in [3.05, 3.63) is 285 Å². The van der Waals surface area contributed by atoms with Gasteiger partial charge >= 0.3 is 0 Å². The topological polar surface area (TPSA) is 171 Å². The van der Waals surface area contributed by atoms with Crippen LogP contribution >= 0.6 is 58.8 Å². The van der Waals surface area contributed by atoms with E-state index >= 15 is 0 Å². The molecule has 1 unspecified atom stereocenters. The van der Waals surface area contributed by atoms with Crippen LogP contribution in [0.1, 0.15) is 76.4 Å². The normalized spacial score (nSPS) is 10.0. The van der Waals surface area contributed by atoms with E-state index in [1.807, 2.05) is 147 Å². The van der Waals surface area contributed by atoms with Crippen molar-refractivity contribution in [1.82, 2.24) is 29.9 Å². The number of benzene rings is 6. The predicted molar refractivity (Wildman–Crippen MR) is 308 cm³/mol. The Bertz CT molecular complexity index is 2860. The molecule has 0 radical (unpaired) electrons. The molecule has 0 aliphatic carbocycles. The molecule has 4 N–H and O–H groups in total. The summed E-state index contributed by atoms with van der Waals surface area (Å²) in [5.74, 6) is 0.0752. The minimum absolute atomic E-state index is 0. The molecule has 74 heavy (non-hydrogen) atoms. The highest BCUT2D eigenvalue weighted by Gasteiger charge is 2.14. The van der Waals surface area contributed by atoms with Gasteiger partial charge < -0.3 is 11.5 Å². The molecule has 3 aromatic heterocycles. The van der Waals surface area contributed by atoms with Crippen LogP contribution in [0, 0.1) is 0 Å². The number of hydrogen-bond donors (Lipinski definition) is 2. The van der Waals surface area contributed by atoms with Gasteiger partial charge in [-0.05, 0) is 20.4 Å². The monoisotopic (exact) mass is 1080 g/mol. The van der Waals surface area contributed by atoms with E-state index in [-0.39, 0.29) is 34.5 Å². The molecule has 0 fully saturated rings. The highest BCUT2D eigenvalue weighted by atomic mass is 35.5. The molecule has 6 aromatic carbocycles. The molecule has 9 aromatic rings. The van der Waals surface area contributed by atoms with Gasteiger partial charge in [0.25, 0.3) is 0 Å². The molecule has 3 heterocycles. The lowest BCUT2D eigenvalue weighted by molar-refractivity contribution is 0.103. The average Bonchev–Trinajstić information content (AvgIpc) is 3.45. The molecule has 0 spiro atoms. The molecular formula is C58H57Cl5N10O. The molecule has 0 amide bonds. The first-order valence-corrected chi connectivity index (χ1v) is 24.5. The van der Waals surface area contributed by atoms with E-state index in [1.165, 1.54) is 29.7 Å². The zero-order valence-electron chi connectivity index (χ0n) is 41.0. The minimum atomic E-state index is -0.188. The van der Waals surface area contributed by atoms with Gasteiger partial charge in [0.15, 0.2) is 26.4 Å². The average molecular weight is 1090 g/mol. The van der Waals surface area contributed by atoms with Crippen molar-refractivity contribution >= 4 is 76.0 Å². The standard InChI is InChI=1S/C19H16ClN3.C15H15N.C13H10O.C5H6ClN3.C4H2Cl2N2.C2H7N.ClH/c1-14(17-19(20)22-13-12-21-17)23-18(15-8-4-2-5-9-15)16-10-6-3-7-11-16;1-2-16-15(13-9-5-3-6-10-13)14-11-7-4-8-12-14;14-13(11-7-3-1-4-8-11)12-9-5-2-6-10-12;6-5-4(3-7)8-1-2-9-5;5-3-4(6)8-2-1-7-3;1-2-3;/h2-14H,1H3;3-12H,2H2,1H3;1-10H;1-2H,3,7H2;1-2H;2-3H2,1H3;1H. The molecule has 0 saturated carbocycles. The Labute approximate surface area is 460 Å². The number of rotatable bonds is 10. The van der Waals surface area contributed by atoms with E-state index in [4.69, 9.17) is 62.9 Å². The Morgan fingerprint density at radius 2 is 0.743 bits per heavy atom. The van der Waals surface area contributed by atoms with Crippen LogP contribution < -0.4 is 11.5 Å². The quantitative estimate of drug-likeness (QED) is 0.0999. The van der Waals surface area contributed by atoms with Gasteiger partial charge in [0, 0.05) is 83.7 Å². The molecule has 9 rings (SSSR count). The van der Waals surface area contributed by atoms with E-state index in [0.717, 1.165) is 46.8 Å². The molecule has 16 heteroatoms. The summed E-state index contributed by atoms with van der Waals surface area (Å²) in [4.78, 5) is 44.7. The molecule has 1 atom stereocenters. The number of aliphatic imine (C=N–C) groups is 2. The van der Waals surface area contributed by atoms with Gasteiger partial charge in [-0.3, -0.25) is 24.7 Å². The number of nitrogens with two attached hydrogens (primary N) is 2. The van der Waals surface area contributed by atoms with Gasteiger partial charge in [-0.25, -0.2) is 19.9 Å². The van der Waals surface area contributed by atoms with Crippen LogP contribution in [-0.2, 0) is 6.54 Å². The van der Waals surface area contributed by atoms with Crippen LogP contribution in [0.25, 0.3) is 0 Å². The van der Waals surface area contributed by atoms with E-state index in [0.29, 0.717) is 28.2 Å². The summed E-state index contributed by atoms with van der Waals surface area (Å²) in [6.07, 6.45) is 9.27. The first-order chi connectivity index (χ1) is 35.6. The fourth-order valence-corrected chi connectivity index (χ4v) is 6.87. The van der Waals surface area contributed by atoms with Crippen LogP contribution in [0.2, 0.25) is 20.6 Å². The summed E-state index contributed by atoms with van der Waals surface area (Å²) >= 11 is 22.5. The lowest BCUT2D eigenvalue weighted by Crippen LogP contribution is -2.07. The molecule has 11 nitrogen and oxygen atoms in total. The molecule has 380 valence electrons. The SMILES string of the molecule is CC(N=C(c1ccccc1)c1ccccc1)c1nccnc1Cl.CCN.CCN=C(c1ccccc1)c1ccccc1.Cl.Clc1nccnc1Cl.NCc1nccnc1Cl.O=C(c1ccccc1)c1ccccc1. The van der Waals surface area contributed by atoms with Gasteiger partial charge in [0.1, 0.15) is 5.69 Å². The minimum Gasteiger partial charge on any atom is -0.331 e. The third-order valence-corrected chi connectivity index (χ3v) is 10.8. The number of aromatic nitrogens is 6. The van der Waals surface area contributed by atoms with Crippen molar-refractivity contribution in [1.29, 1.82) is 0 Å². The third-order valence-electron chi connectivity index (χ3n) is 9.50. The first-order valence-electron chi connectivity index (χ1n) is 23.0. The van der Waals surface area contributed by atoms with Gasteiger partial charge in [-0.1, -0.05) is 235 Å². The maximum absolute atomic E-state index is 11.8. The lowest BCUT2D eigenvalue weighted by atomic mass is 10.0. The second-order valence-electron chi connectivity index (χ2n) is 14.8.